The summed E-state index contributed by atoms with van der Waals surface area (Å²) < 4.78 is 54.9. The van der Waals surface area contributed by atoms with Crippen molar-refractivity contribution < 1.29 is 22.4 Å². The number of benzene rings is 2. The molecule has 0 bridgehead atoms. The fraction of sp³-hybridized carbons (Fsp3) is 0.174. The first kappa shape index (κ1) is 22.1. The molecule has 0 unspecified atom stereocenters. The molecule has 1 aliphatic rings. The number of pyridine rings is 1. The molecule has 2 aromatic heterocycles. The number of nitrogens with zero attached hydrogens (tertiary/aromatic N) is 2. The largest absolute Gasteiger partial charge is 0.416 e. The molecule has 1 fully saturated rings. The number of hydrogen-bond acceptors (Lipinski definition) is 3. The summed E-state index contributed by atoms with van der Waals surface area (Å²) >= 11 is 6.28. The van der Waals surface area contributed by atoms with Crippen molar-refractivity contribution in [1.82, 2.24) is 14.8 Å². The van der Waals surface area contributed by atoms with Crippen LogP contribution >= 0.6 is 11.6 Å². The maximum atomic E-state index is 13.8. The number of amides is 1. The molecule has 11 heteroatoms. The Morgan fingerprint density at radius 1 is 1.15 bits per heavy atom. The zero-order valence-electron chi connectivity index (χ0n) is 17.2. The Morgan fingerprint density at radius 2 is 1.91 bits per heavy atom. The lowest BCUT2D eigenvalue weighted by Crippen LogP contribution is -2.16. The molecule has 0 radical (unpaired) electrons. The Hall–Kier alpha value is -3.66. The summed E-state index contributed by atoms with van der Waals surface area (Å²) in [5.74, 6) is -2.20. The highest BCUT2D eigenvalue weighted by molar-refractivity contribution is 6.37. The second kappa shape index (κ2) is 7.98. The third-order valence-corrected chi connectivity index (χ3v) is 5.84. The summed E-state index contributed by atoms with van der Waals surface area (Å²) in [7, 11) is 0. The number of rotatable bonds is 4. The SMILES string of the molecule is O=C(Nc1cc(-c2cnn(C3CC3)c2)cc2c(=O)[nH]cc(Cl)c12)c1cc(F)cc(C(F)(F)F)c1. The zero-order chi connectivity index (χ0) is 24.2. The summed E-state index contributed by atoms with van der Waals surface area (Å²) in [5.41, 5.74) is -1.000. The van der Waals surface area contributed by atoms with Crippen molar-refractivity contribution in [2.75, 3.05) is 5.32 Å². The standard InChI is InChI=1S/C23H15ClF4N4O2/c24-18-9-29-22(34)17-5-11(13-8-30-32(10-13)16-1-2-16)6-19(20(17)18)31-21(33)12-3-14(23(26,27)28)7-15(25)4-12/h3-10,16H,1-2H2,(H,29,34)(H,31,33). The molecular weight excluding hydrogens is 476 g/mol. The number of fused-ring (bicyclic) bond motifs is 1. The molecule has 1 saturated carbocycles. The van der Waals surface area contributed by atoms with Crippen LogP contribution in [0.1, 0.15) is 34.8 Å². The average molecular weight is 491 g/mol. The van der Waals surface area contributed by atoms with Gasteiger partial charge in [-0.3, -0.25) is 14.3 Å². The maximum absolute atomic E-state index is 13.8. The van der Waals surface area contributed by atoms with Crippen LogP contribution in [0.15, 0.2) is 53.7 Å². The molecule has 2 heterocycles. The monoisotopic (exact) mass is 490 g/mol. The normalized spacial score (nSPS) is 13.9. The number of halogens is 5. The van der Waals surface area contributed by atoms with E-state index in [9.17, 15) is 27.2 Å². The molecule has 0 saturated heterocycles. The molecule has 0 aliphatic heterocycles. The van der Waals surface area contributed by atoms with Gasteiger partial charge in [0.25, 0.3) is 11.5 Å². The van der Waals surface area contributed by atoms with Crippen molar-refractivity contribution >= 4 is 34.0 Å². The first-order valence-corrected chi connectivity index (χ1v) is 10.6. The van der Waals surface area contributed by atoms with Crippen molar-refractivity contribution in [2.45, 2.75) is 25.1 Å². The molecule has 6 nitrogen and oxygen atoms in total. The predicted molar refractivity (Wildman–Crippen MR) is 118 cm³/mol. The van der Waals surface area contributed by atoms with E-state index in [-0.39, 0.29) is 21.5 Å². The van der Waals surface area contributed by atoms with Crippen LogP contribution in [0.5, 0.6) is 0 Å². The highest BCUT2D eigenvalue weighted by atomic mass is 35.5. The number of hydrogen-bond donors (Lipinski definition) is 2. The van der Waals surface area contributed by atoms with Crippen LogP contribution in [0.4, 0.5) is 23.2 Å². The number of carbonyl (C=O) groups is 1. The molecule has 174 valence electrons. The van der Waals surface area contributed by atoms with Crippen LogP contribution in [0.3, 0.4) is 0 Å². The van der Waals surface area contributed by atoms with E-state index in [4.69, 9.17) is 11.6 Å². The number of aromatic nitrogens is 3. The van der Waals surface area contributed by atoms with Gasteiger partial charge in [-0.1, -0.05) is 11.6 Å². The minimum Gasteiger partial charge on any atom is -0.327 e. The second-order valence-electron chi connectivity index (χ2n) is 8.03. The van der Waals surface area contributed by atoms with Crippen LogP contribution in [-0.4, -0.2) is 20.7 Å². The second-order valence-corrected chi connectivity index (χ2v) is 8.44. The van der Waals surface area contributed by atoms with Gasteiger partial charge in [0.1, 0.15) is 5.82 Å². The molecule has 5 rings (SSSR count). The van der Waals surface area contributed by atoms with E-state index in [1.807, 2.05) is 10.9 Å². The van der Waals surface area contributed by atoms with Gasteiger partial charge >= 0.3 is 6.18 Å². The van der Waals surface area contributed by atoms with Gasteiger partial charge in [-0.15, -0.1) is 0 Å². The van der Waals surface area contributed by atoms with Gasteiger partial charge in [0.2, 0.25) is 0 Å². The third kappa shape index (κ3) is 4.16. The van der Waals surface area contributed by atoms with E-state index in [0.29, 0.717) is 35.4 Å². The van der Waals surface area contributed by atoms with Crippen LogP contribution < -0.4 is 10.9 Å². The van der Waals surface area contributed by atoms with Gasteiger partial charge in [-0.05, 0) is 48.7 Å². The lowest BCUT2D eigenvalue weighted by Gasteiger charge is -2.13. The van der Waals surface area contributed by atoms with Crippen LogP contribution in [0.25, 0.3) is 21.9 Å². The minimum atomic E-state index is -4.83. The van der Waals surface area contributed by atoms with Gasteiger partial charge in [0.05, 0.1) is 33.9 Å². The lowest BCUT2D eigenvalue weighted by atomic mass is 10.0. The molecule has 0 atom stereocenters. The van der Waals surface area contributed by atoms with Gasteiger partial charge in [-0.2, -0.15) is 18.3 Å². The van der Waals surface area contributed by atoms with E-state index in [1.165, 1.54) is 6.20 Å². The first-order valence-electron chi connectivity index (χ1n) is 10.2. The molecule has 34 heavy (non-hydrogen) atoms. The van der Waals surface area contributed by atoms with Gasteiger partial charge in [0, 0.05) is 28.9 Å². The Labute approximate surface area is 194 Å². The van der Waals surface area contributed by atoms with Crippen LogP contribution in [0.2, 0.25) is 5.02 Å². The van der Waals surface area contributed by atoms with Gasteiger partial charge < -0.3 is 10.3 Å². The topological polar surface area (TPSA) is 79.8 Å². The Morgan fingerprint density at radius 3 is 2.62 bits per heavy atom. The van der Waals surface area contributed by atoms with Gasteiger partial charge in [-0.25, -0.2) is 4.39 Å². The van der Waals surface area contributed by atoms with E-state index >= 15 is 0 Å². The van der Waals surface area contributed by atoms with Crippen LogP contribution in [0, 0.1) is 5.82 Å². The van der Waals surface area contributed by atoms with E-state index < -0.39 is 34.6 Å². The molecule has 1 amide bonds. The van der Waals surface area contributed by atoms with E-state index in [2.05, 4.69) is 15.4 Å². The summed E-state index contributed by atoms with van der Waals surface area (Å²) in [6.45, 7) is 0. The van der Waals surface area contributed by atoms with Gasteiger partial charge in [0.15, 0.2) is 0 Å². The smallest absolute Gasteiger partial charge is 0.327 e. The number of alkyl halides is 3. The number of aromatic amines is 1. The first-order chi connectivity index (χ1) is 16.1. The van der Waals surface area contributed by atoms with Crippen molar-refractivity contribution in [3.05, 3.63) is 81.2 Å². The highest BCUT2D eigenvalue weighted by Gasteiger charge is 2.32. The van der Waals surface area contributed by atoms with Crippen molar-refractivity contribution in [3.8, 4) is 11.1 Å². The number of H-pyrrole nitrogens is 1. The Kier molecular flexibility index (Phi) is 5.20. The molecule has 1 aliphatic carbocycles. The quantitative estimate of drug-likeness (QED) is 0.355. The third-order valence-electron chi connectivity index (χ3n) is 5.54. The van der Waals surface area contributed by atoms with Crippen molar-refractivity contribution in [1.29, 1.82) is 0 Å². The van der Waals surface area contributed by atoms with E-state index in [1.54, 1.807) is 18.3 Å². The number of anilines is 1. The zero-order valence-corrected chi connectivity index (χ0v) is 18.0. The molecule has 2 aromatic carbocycles. The number of nitrogens with one attached hydrogen (secondary N) is 2. The highest BCUT2D eigenvalue weighted by Crippen LogP contribution is 2.37. The summed E-state index contributed by atoms with van der Waals surface area (Å²) in [4.78, 5) is 27.9. The summed E-state index contributed by atoms with van der Waals surface area (Å²) in [6, 6.07) is 5.02. The minimum absolute atomic E-state index is 0.0885. The fourth-order valence-corrected chi connectivity index (χ4v) is 3.99. The Balaban J connectivity index is 1.61. The van der Waals surface area contributed by atoms with Crippen LogP contribution in [-0.2, 0) is 6.18 Å². The lowest BCUT2D eigenvalue weighted by molar-refractivity contribution is -0.137. The average Bonchev–Trinajstić information content (AvgIpc) is 3.51. The van der Waals surface area contributed by atoms with E-state index in [0.717, 1.165) is 12.8 Å². The Bertz CT molecular complexity index is 1510. The summed E-state index contributed by atoms with van der Waals surface area (Å²) in [6.07, 6.45) is 1.88. The fourth-order valence-electron chi connectivity index (χ4n) is 3.73. The molecule has 0 spiro atoms. The maximum Gasteiger partial charge on any atom is 0.416 e. The van der Waals surface area contributed by atoms with Crippen molar-refractivity contribution in [3.63, 3.8) is 0 Å². The predicted octanol–water partition coefficient (Wildman–Crippen LogP) is 5.79. The molecule has 2 N–H and O–H groups in total. The summed E-state index contributed by atoms with van der Waals surface area (Å²) in [5, 5.41) is 7.29. The number of carbonyl (C=O) groups excluding carboxylic acids is 1. The molecule has 4 aromatic rings. The van der Waals surface area contributed by atoms with Crippen molar-refractivity contribution in [2.24, 2.45) is 0 Å². The molecular formula is C23H15ClF4N4O2.